The molecule has 0 spiro atoms. The van der Waals surface area contributed by atoms with Crippen molar-refractivity contribution in [1.82, 2.24) is 14.9 Å². The number of aliphatic carboxylic acids is 1. The van der Waals surface area contributed by atoms with Gasteiger partial charge in [0.1, 0.15) is 11.6 Å². The van der Waals surface area contributed by atoms with Gasteiger partial charge < -0.3 is 16.6 Å². The van der Waals surface area contributed by atoms with Crippen LogP contribution in [0.5, 0.6) is 0 Å². The van der Waals surface area contributed by atoms with Crippen LogP contribution < -0.4 is 11.5 Å². The van der Waals surface area contributed by atoms with Gasteiger partial charge in [-0.25, -0.2) is 9.97 Å². The molecule has 0 unspecified atom stereocenters. The van der Waals surface area contributed by atoms with Crippen LogP contribution in [0.1, 0.15) is 11.4 Å². The van der Waals surface area contributed by atoms with E-state index in [-0.39, 0.29) is 6.54 Å². The van der Waals surface area contributed by atoms with Crippen LogP contribution in [0.25, 0.3) is 0 Å². The third-order valence-corrected chi connectivity index (χ3v) is 2.79. The lowest BCUT2D eigenvalue weighted by molar-refractivity contribution is -0.138. The molecule has 21 heavy (non-hydrogen) atoms. The monoisotopic (exact) mass is 287 g/mol. The maximum absolute atomic E-state index is 11.0. The SMILES string of the molecule is Nc1cccc(CN(CC(=O)O)Cc2cccc(N)n2)n1. The largest absolute Gasteiger partial charge is 0.480 e. The molecule has 0 saturated carbocycles. The molecule has 0 aromatic carbocycles. The summed E-state index contributed by atoms with van der Waals surface area (Å²) in [6.07, 6.45) is 0. The van der Waals surface area contributed by atoms with Crippen LogP contribution in [-0.4, -0.2) is 32.5 Å². The van der Waals surface area contributed by atoms with Crippen molar-refractivity contribution in [3.8, 4) is 0 Å². The molecule has 7 nitrogen and oxygen atoms in total. The first-order valence-corrected chi connectivity index (χ1v) is 6.40. The fraction of sp³-hybridized carbons (Fsp3) is 0.214. The van der Waals surface area contributed by atoms with E-state index in [1.54, 1.807) is 41.3 Å². The molecule has 5 N–H and O–H groups in total. The summed E-state index contributed by atoms with van der Waals surface area (Å²) in [6.45, 7) is 0.620. The van der Waals surface area contributed by atoms with E-state index >= 15 is 0 Å². The van der Waals surface area contributed by atoms with Crippen LogP contribution in [0, 0.1) is 0 Å². The van der Waals surface area contributed by atoms with Crippen molar-refractivity contribution in [3.63, 3.8) is 0 Å². The normalized spacial score (nSPS) is 10.7. The molecule has 7 heteroatoms. The minimum atomic E-state index is -0.914. The van der Waals surface area contributed by atoms with E-state index in [2.05, 4.69) is 9.97 Å². The predicted molar refractivity (Wildman–Crippen MR) is 79.0 cm³/mol. The lowest BCUT2D eigenvalue weighted by Gasteiger charge is -2.19. The molecule has 0 fully saturated rings. The first-order valence-electron chi connectivity index (χ1n) is 6.40. The van der Waals surface area contributed by atoms with Gasteiger partial charge in [0.05, 0.1) is 17.9 Å². The number of hydrogen-bond acceptors (Lipinski definition) is 6. The highest BCUT2D eigenvalue weighted by Crippen LogP contribution is 2.09. The van der Waals surface area contributed by atoms with Gasteiger partial charge in [0.15, 0.2) is 0 Å². The van der Waals surface area contributed by atoms with E-state index < -0.39 is 5.97 Å². The highest BCUT2D eigenvalue weighted by Gasteiger charge is 2.13. The summed E-state index contributed by atoms with van der Waals surface area (Å²) in [6, 6.07) is 10.6. The van der Waals surface area contributed by atoms with E-state index in [0.717, 1.165) is 0 Å². The molecule has 0 aliphatic carbocycles. The Morgan fingerprint density at radius 2 is 1.48 bits per heavy atom. The number of carboxylic acid groups (broad SMARTS) is 1. The first kappa shape index (κ1) is 14.7. The molecule has 2 aromatic rings. The Morgan fingerprint density at radius 1 is 1.00 bits per heavy atom. The Labute approximate surface area is 122 Å². The number of rotatable bonds is 6. The molecule has 0 aliphatic rings. The first-order chi connectivity index (χ1) is 10.0. The van der Waals surface area contributed by atoms with E-state index in [9.17, 15) is 4.79 Å². The van der Waals surface area contributed by atoms with Crippen molar-refractivity contribution in [2.24, 2.45) is 0 Å². The van der Waals surface area contributed by atoms with Gasteiger partial charge in [-0.1, -0.05) is 12.1 Å². The number of anilines is 2. The molecular weight excluding hydrogens is 270 g/mol. The van der Waals surface area contributed by atoms with Crippen molar-refractivity contribution in [3.05, 3.63) is 47.8 Å². The summed E-state index contributed by atoms with van der Waals surface area (Å²) in [5, 5.41) is 9.02. The Kier molecular flexibility index (Phi) is 4.68. The number of hydrogen-bond donors (Lipinski definition) is 3. The molecule has 110 valence electrons. The highest BCUT2D eigenvalue weighted by atomic mass is 16.4. The summed E-state index contributed by atoms with van der Waals surface area (Å²) >= 11 is 0. The van der Waals surface area contributed by atoms with Crippen LogP contribution in [0.4, 0.5) is 11.6 Å². The molecule has 0 bridgehead atoms. The second-order valence-corrected chi connectivity index (χ2v) is 4.65. The predicted octanol–water partition coefficient (Wildman–Crippen LogP) is 0.728. The van der Waals surface area contributed by atoms with Crippen molar-refractivity contribution < 1.29 is 9.90 Å². The van der Waals surface area contributed by atoms with Crippen LogP contribution in [0.15, 0.2) is 36.4 Å². The van der Waals surface area contributed by atoms with Gasteiger partial charge in [-0.2, -0.15) is 0 Å². The van der Waals surface area contributed by atoms with Crippen LogP contribution in [0.3, 0.4) is 0 Å². The quantitative estimate of drug-likeness (QED) is 0.716. The summed E-state index contributed by atoms with van der Waals surface area (Å²) in [5.41, 5.74) is 12.7. The molecule has 0 radical (unpaired) electrons. The molecule has 0 saturated heterocycles. The van der Waals surface area contributed by atoms with Crippen LogP contribution in [-0.2, 0) is 17.9 Å². The number of nitrogen functional groups attached to an aromatic ring is 2. The molecule has 0 atom stereocenters. The van der Waals surface area contributed by atoms with Gasteiger partial charge in [-0.05, 0) is 24.3 Å². The average molecular weight is 287 g/mol. The third-order valence-electron chi connectivity index (χ3n) is 2.79. The highest BCUT2D eigenvalue weighted by molar-refractivity contribution is 5.69. The number of pyridine rings is 2. The number of carbonyl (C=O) groups is 1. The van der Waals surface area contributed by atoms with E-state index in [1.165, 1.54) is 0 Å². The topological polar surface area (TPSA) is 118 Å². The summed E-state index contributed by atoms with van der Waals surface area (Å²) in [7, 11) is 0. The smallest absolute Gasteiger partial charge is 0.317 e. The molecule has 0 amide bonds. The van der Waals surface area contributed by atoms with Gasteiger partial charge in [-0.15, -0.1) is 0 Å². The van der Waals surface area contributed by atoms with Gasteiger partial charge in [0.25, 0.3) is 0 Å². The maximum Gasteiger partial charge on any atom is 0.317 e. The van der Waals surface area contributed by atoms with E-state index in [1.807, 2.05) is 0 Å². The fourth-order valence-electron chi connectivity index (χ4n) is 1.99. The summed E-state index contributed by atoms with van der Waals surface area (Å²) in [4.78, 5) is 21.1. The lowest BCUT2D eigenvalue weighted by Crippen LogP contribution is -2.29. The second kappa shape index (κ2) is 6.67. The molecule has 2 rings (SSSR count). The minimum absolute atomic E-state index is 0.118. The molecule has 0 aliphatic heterocycles. The second-order valence-electron chi connectivity index (χ2n) is 4.65. The maximum atomic E-state index is 11.0. The van der Waals surface area contributed by atoms with Gasteiger partial charge in [0, 0.05) is 13.1 Å². The number of nitrogens with zero attached hydrogens (tertiary/aromatic N) is 3. The number of nitrogens with two attached hydrogens (primary N) is 2. The Balaban J connectivity index is 2.12. The van der Waals surface area contributed by atoms with Crippen molar-refractivity contribution in [2.45, 2.75) is 13.1 Å². The van der Waals surface area contributed by atoms with Gasteiger partial charge in [0.2, 0.25) is 0 Å². The van der Waals surface area contributed by atoms with Crippen molar-refractivity contribution in [2.75, 3.05) is 18.0 Å². The lowest BCUT2D eigenvalue weighted by atomic mass is 10.2. The summed E-state index contributed by atoms with van der Waals surface area (Å²) < 4.78 is 0. The zero-order chi connectivity index (χ0) is 15.2. The number of carboxylic acids is 1. The van der Waals surface area contributed by atoms with Crippen molar-refractivity contribution >= 4 is 17.6 Å². The Hall–Kier alpha value is -2.67. The summed E-state index contributed by atoms with van der Waals surface area (Å²) in [5.74, 6) is -0.0995. The molecular formula is C14H17N5O2. The fourth-order valence-corrected chi connectivity index (χ4v) is 1.99. The van der Waals surface area contributed by atoms with Gasteiger partial charge in [-0.3, -0.25) is 9.69 Å². The van der Waals surface area contributed by atoms with Crippen molar-refractivity contribution in [1.29, 1.82) is 0 Å². The van der Waals surface area contributed by atoms with E-state index in [4.69, 9.17) is 16.6 Å². The average Bonchev–Trinajstić information content (AvgIpc) is 2.37. The molecule has 2 heterocycles. The number of aromatic nitrogens is 2. The Morgan fingerprint density at radius 3 is 1.86 bits per heavy atom. The van der Waals surface area contributed by atoms with Crippen LogP contribution >= 0.6 is 0 Å². The standard InChI is InChI=1S/C14H17N5O2/c15-12-5-1-3-10(17-12)7-19(9-14(20)21)8-11-4-2-6-13(16)18-11/h1-6H,7-9H2,(H2,15,17)(H2,16,18)(H,20,21). The molecule has 2 aromatic heterocycles. The Bertz CT molecular complexity index is 585. The zero-order valence-electron chi connectivity index (χ0n) is 11.4. The van der Waals surface area contributed by atoms with Crippen LogP contribution in [0.2, 0.25) is 0 Å². The van der Waals surface area contributed by atoms with Gasteiger partial charge >= 0.3 is 5.97 Å². The zero-order valence-corrected chi connectivity index (χ0v) is 11.4. The van der Waals surface area contributed by atoms with E-state index in [0.29, 0.717) is 36.1 Å². The third kappa shape index (κ3) is 4.73. The minimum Gasteiger partial charge on any atom is -0.480 e.